The monoisotopic (exact) mass is 184 g/mol. The number of nitrogens with one attached hydrogen (secondary N) is 1. The largest absolute Gasteiger partial charge is 0.337 e. The van der Waals surface area contributed by atoms with Gasteiger partial charge in [-0.15, -0.1) is 0 Å². The molecule has 3 nitrogen and oxygen atoms in total. The zero-order valence-electron chi connectivity index (χ0n) is 8.89. The van der Waals surface area contributed by atoms with E-state index in [1.165, 1.54) is 19.3 Å². The van der Waals surface area contributed by atoms with Crippen LogP contribution < -0.4 is 5.32 Å². The Hall–Kier alpha value is -0.730. The maximum Gasteiger partial charge on any atom is 0.317 e. The molecule has 1 N–H and O–H groups in total. The van der Waals surface area contributed by atoms with Gasteiger partial charge in [0.2, 0.25) is 0 Å². The summed E-state index contributed by atoms with van der Waals surface area (Å²) in [6, 6.07) is 0.0576. The molecule has 3 heteroatoms. The van der Waals surface area contributed by atoms with Crippen molar-refractivity contribution in [2.24, 2.45) is 5.41 Å². The van der Waals surface area contributed by atoms with Crippen LogP contribution in [0.1, 0.15) is 33.1 Å². The van der Waals surface area contributed by atoms with Gasteiger partial charge in [0.15, 0.2) is 0 Å². The molecule has 0 saturated heterocycles. The van der Waals surface area contributed by atoms with E-state index in [2.05, 4.69) is 12.2 Å². The molecular formula is C10H20N2O. The van der Waals surface area contributed by atoms with Crippen LogP contribution in [0.4, 0.5) is 4.79 Å². The minimum atomic E-state index is 0.0576. The number of urea groups is 1. The molecule has 0 unspecified atom stereocenters. The van der Waals surface area contributed by atoms with Crippen LogP contribution in [0.2, 0.25) is 0 Å². The molecule has 0 atom stereocenters. The Morgan fingerprint density at radius 2 is 2.08 bits per heavy atom. The number of nitrogens with zero attached hydrogens (tertiary/aromatic N) is 1. The zero-order valence-corrected chi connectivity index (χ0v) is 8.89. The van der Waals surface area contributed by atoms with Gasteiger partial charge in [0.05, 0.1) is 0 Å². The molecule has 1 saturated carbocycles. The van der Waals surface area contributed by atoms with Crippen LogP contribution in [-0.4, -0.2) is 31.1 Å². The molecule has 0 aromatic heterocycles. The quantitative estimate of drug-likeness (QED) is 0.710. The Balaban J connectivity index is 2.22. The van der Waals surface area contributed by atoms with E-state index in [0.29, 0.717) is 5.41 Å². The second-order valence-corrected chi connectivity index (χ2v) is 4.03. The van der Waals surface area contributed by atoms with Gasteiger partial charge >= 0.3 is 6.03 Å². The van der Waals surface area contributed by atoms with Crippen molar-refractivity contribution in [1.29, 1.82) is 0 Å². The first-order chi connectivity index (χ1) is 6.13. The van der Waals surface area contributed by atoms with Crippen molar-refractivity contribution in [2.75, 3.05) is 20.1 Å². The summed E-state index contributed by atoms with van der Waals surface area (Å²) in [6.45, 7) is 5.80. The molecule has 0 radical (unpaired) electrons. The van der Waals surface area contributed by atoms with E-state index in [9.17, 15) is 4.79 Å². The Labute approximate surface area is 80.5 Å². The van der Waals surface area contributed by atoms with Gasteiger partial charge in [0, 0.05) is 20.1 Å². The third-order valence-corrected chi connectivity index (χ3v) is 3.14. The summed E-state index contributed by atoms with van der Waals surface area (Å²) in [4.78, 5) is 13.1. The normalized spacial score (nSPS) is 18.1. The summed E-state index contributed by atoms with van der Waals surface area (Å²) >= 11 is 0. The molecule has 0 aliphatic heterocycles. The third kappa shape index (κ3) is 2.61. The van der Waals surface area contributed by atoms with Gasteiger partial charge < -0.3 is 10.2 Å². The van der Waals surface area contributed by atoms with Crippen LogP contribution in [0.15, 0.2) is 0 Å². The van der Waals surface area contributed by atoms with Crippen molar-refractivity contribution in [1.82, 2.24) is 10.2 Å². The highest BCUT2D eigenvalue weighted by Crippen LogP contribution is 2.47. The van der Waals surface area contributed by atoms with Gasteiger partial charge in [0.25, 0.3) is 0 Å². The van der Waals surface area contributed by atoms with Crippen LogP contribution in [-0.2, 0) is 0 Å². The Morgan fingerprint density at radius 3 is 2.46 bits per heavy atom. The van der Waals surface area contributed by atoms with Crippen molar-refractivity contribution in [3.8, 4) is 0 Å². The number of hydrogen-bond acceptors (Lipinski definition) is 1. The number of hydrogen-bond donors (Lipinski definition) is 1. The lowest BCUT2D eigenvalue weighted by molar-refractivity contribution is 0.208. The van der Waals surface area contributed by atoms with Crippen LogP contribution >= 0.6 is 0 Å². The zero-order chi connectivity index (χ0) is 9.90. The first kappa shape index (κ1) is 10.4. The van der Waals surface area contributed by atoms with Gasteiger partial charge in [0.1, 0.15) is 0 Å². The van der Waals surface area contributed by atoms with Crippen molar-refractivity contribution in [3.63, 3.8) is 0 Å². The molecule has 0 aromatic carbocycles. The summed E-state index contributed by atoms with van der Waals surface area (Å²) < 4.78 is 0. The molecule has 1 aliphatic rings. The van der Waals surface area contributed by atoms with Crippen LogP contribution in [0.25, 0.3) is 0 Å². The third-order valence-electron chi connectivity index (χ3n) is 3.14. The number of amides is 2. The summed E-state index contributed by atoms with van der Waals surface area (Å²) in [5, 5.41) is 2.97. The van der Waals surface area contributed by atoms with Crippen LogP contribution in [0.3, 0.4) is 0 Å². The van der Waals surface area contributed by atoms with Crippen molar-refractivity contribution in [3.05, 3.63) is 0 Å². The summed E-state index contributed by atoms with van der Waals surface area (Å²) in [7, 11) is 1.82. The Morgan fingerprint density at radius 1 is 1.46 bits per heavy atom. The fraction of sp³-hybridized carbons (Fsp3) is 0.900. The van der Waals surface area contributed by atoms with Crippen molar-refractivity contribution >= 4 is 6.03 Å². The van der Waals surface area contributed by atoms with Gasteiger partial charge in [-0.2, -0.15) is 0 Å². The fourth-order valence-electron chi connectivity index (χ4n) is 1.37. The first-order valence-corrected chi connectivity index (χ1v) is 5.12. The molecule has 0 heterocycles. The molecule has 2 amide bonds. The van der Waals surface area contributed by atoms with Crippen molar-refractivity contribution < 1.29 is 4.79 Å². The highest BCUT2D eigenvalue weighted by Gasteiger charge is 2.40. The molecule has 1 fully saturated rings. The Kier molecular flexibility index (Phi) is 3.17. The van der Waals surface area contributed by atoms with Gasteiger partial charge in [-0.3, -0.25) is 0 Å². The molecule has 0 bridgehead atoms. The smallest absolute Gasteiger partial charge is 0.317 e. The summed E-state index contributed by atoms with van der Waals surface area (Å²) in [5.41, 5.74) is 0.449. The van der Waals surface area contributed by atoms with E-state index in [1.807, 2.05) is 14.0 Å². The Bertz CT molecular complexity index is 187. The predicted octanol–water partition coefficient (Wildman–Crippen LogP) is 1.84. The van der Waals surface area contributed by atoms with E-state index in [0.717, 1.165) is 13.1 Å². The molecule has 0 aromatic rings. The van der Waals surface area contributed by atoms with E-state index in [1.54, 1.807) is 4.90 Å². The first-order valence-electron chi connectivity index (χ1n) is 5.12. The minimum absolute atomic E-state index is 0.0576. The lowest BCUT2D eigenvalue weighted by Crippen LogP contribution is -2.39. The summed E-state index contributed by atoms with van der Waals surface area (Å²) in [6.07, 6.45) is 3.74. The topological polar surface area (TPSA) is 32.3 Å². The number of carbonyl (C=O) groups is 1. The standard InChI is InChI=1S/C10H20N2O/c1-4-10(6-7-10)8-11-9(13)12(3)5-2/h4-8H2,1-3H3,(H,11,13). The highest BCUT2D eigenvalue weighted by molar-refractivity contribution is 5.73. The minimum Gasteiger partial charge on any atom is -0.337 e. The second kappa shape index (κ2) is 3.99. The predicted molar refractivity (Wildman–Crippen MR) is 53.7 cm³/mol. The average molecular weight is 184 g/mol. The molecule has 1 rings (SSSR count). The second-order valence-electron chi connectivity index (χ2n) is 4.03. The molecule has 0 spiro atoms. The van der Waals surface area contributed by atoms with E-state index >= 15 is 0 Å². The molecular weight excluding hydrogens is 164 g/mol. The van der Waals surface area contributed by atoms with E-state index in [4.69, 9.17) is 0 Å². The van der Waals surface area contributed by atoms with Gasteiger partial charge in [-0.25, -0.2) is 4.79 Å². The maximum absolute atomic E-state index is 11.4. The van der Waals surface area contributed by atoms with E-state index < -0.39 is 0 Å². The van der Waals surface area contributed by atoms with E-state index in [-0.39, 0.29) is 6.03 Å². The fourth-order valence-corrected chi connectivity index (χ4v) is 1.37. The lowest BCUT2D eigenvalue weighted by atomic mass is 10.0. The molecule has 1 aliphatic carbocycles. The van der Waals surface area contributed by atoms with Gasteiger partial charge in [-0.1, -0.05) is 6.92 Å². The van der Waals surface area contributed by atoms with Crippen molar-refractivity contribution in [2.45, 2.75) is 33.1 Å². The SMILES string of the molecule is CCN(C)C(=O)NCC1(CC)CC1. The molecule has 13 heavy (non-hydrogen) atoms. The van der Waals surface area contributed by atoms with Crippen LogP contribution in [0.5, 0.6) is 0 Å². The number of carbonyl (C=O) groups excluding carboxylic acids is 1. The highest BCUT2D eigenvalue weighted by atomic mass is 16.2. The summed E-state index contributed by atoms with van der Waals surface area (Å²) in [5.74, 6) is 0. The number of rotatable bonds is 4. The lowest BCUT2D eigenvalue weighted by Gasteiger charge is -2.18. The molecule has 76 valence electrons. The van der Waals surface area contributed by atoms with Gasteiger partial charge in [-0.05, 0) is 31.6 Å². The maximum atomic E-state index is 11.4. The average Bonchev–Trinajstić information content (AvgIpc) is 2.93. The van der Waals surface area contributed by atoms with Crippen LogP contribution in [0, 0.1) is 5.41 Å².